The Hall–Kier alpha value is -1.51. The summed E-state index contributed by atoms with van der Waals surface area (Å²) in [6.45, 7) is 7.15. The summed E-state index contributed by atoms with van der Waals surface area (Å²) in [7, 11) is 1.75. The summed E-state index contributed by atoms with van der Waals surface area (Å²) in [4.78, 5) is 18.8. The SMILES string of the molecule is CN=C(NCCC(=O)N1CCCCC1C)NCc1ccc(C)cc1OCC1CC1.I. The number of rotatable bonds is 8. The molecule has 1 aromatic carbocycles. The first-order valence-corrected chi connectivity index (χ1v) is 11.0. The topological polar surface area (TPSA) is 66.0 Å². The molecule has 168 valence electrons. The van der Waals surface area contributed by atoms with Gasteiger partial charge in [0.25, 0.3) is 0 Å². The molecule has 1 atom stereocenters. The van der Waals surface area contributed by atoms with Gasteiger partial charge in [0, 0.05) is 44.7 Å². The first-order chi connectivity index (χ1) is 14.1. The van der Waals surface area contributed by atoms with Crippen molar-refractivity contribution in [3.8, 4) is 5.75 Å². The standard InChI is InChI=1S/C23H36N4O2.HI/c1-17-7-10-20(21(14-17)29-16-19-8-9-19)15-26-23(24-3)25-12-11-22(28)27-13-5-4-6-18(27)2;/h7,10,14,18-19H,4-6,8-9,11-13,15-16H2,1-3H3,(H2,24,25,26);1H. The van der Waals surface area contributed by atoms with Crippen molar-refractivity contribution in [1.29, 1.82) is 0 Å². The number of benzene rings is 1. The third-order valence-electron chi connectivity index (χ3n) is 5.82. The molecular weight excluding hydrogens is 491 g/mol. The van der Waals surface area contributed by atoms with E-state index in [4.69, 9.17) is 4.74 Å². The number of likely N-dealkylation sites (tertiary alicyclic amines) is 1. The number of guanidine groups is 1. The lowest BCUT2D eigenvalue weighted by Gasteiger charge is -2.33. The number of carbonyl (C=O) groups excluding carboxylic acids is 1. The van der Waals surface area contributed by atoms with Crippen LogP contribution in [0, 0.1) is 12.8 Å². The highest BCUT2D eigenvalue weighted by Crippen LogP contribution is 2.30. The lowest BCUT2D eigenvalue weighted by Crippen LogP contribution is -2.44. The van der Waals surface area contributed by atoms with E-state index in [1.807, 2.05) is 4.90 Å². The summed E-state index contributed by atoms with van der Waals surface area (Å²) in [6, 6.07) is 6.69. The number of ether oxygens (including phenoxy) is 1. The minimum atomic E-state index is 0. The summed E-state index contributed by atoms with van der Waals surface area (Å²) in [5.74, 6) is 2.62. The molecule has 0 spiro atoms. The van der Waals surface area contributed by atoms with Gasteiger partial charge in [0.2, 0.25) is 5.91 Å². The zero-order chi connectivity index (χ0) is 20.6. The zero-order valence-corrected chi connectivity index (χ0v) is 20.9. The number of carbonyl (C=O) groups is 1. The van der Waals surface area contributed by atoms with E-state index in [1.165, 1.54) is 24.8 Å². The summed E-state index contributed by atoms with van der Waals surface area (Å²) in [5, 5.41) is 6.61. The van der Waals surface area contributed by atoms with Crippen LogP contribution in [-0.4, -0.2) is 49.6 Å². The second-order valence-electron chi connectivity index (χ2n) is 8.40. The maximum atomic E-state index is 12.5. The minimum Gasteiger partial charge on any atom is -0.493 e. The van der Waals surface area contributed by atoms with Gasteiger partial charge in [-0.2, -0.15) is 0 Å². The predicted octanol–water partition coefficient (Wildman–Crippen LogP) is 3.86. The van der Waals surface area contributed by atoms with Crippen LogP contribution in [0.4, 0.5) is 0 Å². The maximum absolute atomic E-state index is 12.5. The fraction of sp³-hybridized carbons (Fsp3) is 0.652. The van der Waals surface area contributed by atoms with E-state index < -0.39 is 0 Å². The average Bonchev–Trinajstić information content (AvgIpc) is 3.54. The van der Waals surface area contributed by atoms with Crippen LogP contribution in [0.15, 0.2) is 23.2 Å². The van der Waals surface area contributed by atoms with Gasteiger partial charge in [0.15, 0.2) is 5.96 Å². The van der Waals surface area contributed by atoms with Gasteiger partial charge in [-0.25, -0.2) is 0 Å². The largest absolute Gasteiger partial charge is 0.493 e. The summed E-state index contributed by atoms with van der Waals surface area (Å²) >= 11 is 0. The smallest absolute Gasteiger partial charge is 0.224 e. The van der Waals surface area contributed by atoms with Gasteiger partial charge >= 0.3 is 0 Å². The van der Waals surface area contributed by atoms with E-state index >= 15 is 0 Å². The van der Waals surface area contributed by atoms with E-state index in [-0.39, 0.29) is 29.9 Å². The van der Waals surface area contributed by atoms with Crippen LogP contribution in [0.2, 0.25) is 0 Å². The van der Waals surface area contributed by atoms with Crippen LogP contribution in [-0.2, 0) is 11.3 Å². The van der Waals surface area contributed by atoms with Crippen LogP contribution >= 0.6 is 24.0 Å². The second kappa shape index (κ2) is 12.4. The van der Waals surface area contributed by atoms with Crippen molar-refractivity contribution in [2.45, 2.75) is 65.0 Å². The van der Waals surface area contributed by atoms with Gasteiger partial charge in [-0.3, -0.25) is 9.79 Å². The minimum absolute atomic E-state index is 0. The molecule has 3 rings (SSSR count). The van der Waals surface area contributed by atoms with Crippen molar-refractivity contribution < 1.29 is 9.53 Å². The van der Waals surface area contributed by atoms with E-state index in [2.05, 4.69) is 47.7 Å². The van der Waals surface area contributed by atoms with Crippen LogP contribution < -0.4 is 15.4 Å². The van der Waals surface area contributed by atoms with Crippen molar-refractivity contribution in [1.82, 2.24) is 15.5 Å². The Morgan fingerprint density at radius 1 is 1.23 bits per heavy atom. The average molecular weight is 528 g/mol. The molecule has 30 heavy (non-hydrogen) atoms. The number of amides is 1. The summed E-state index contributed by atoms with van der Waals surface area (Å²) < 4.78 is 6.05. The molecule has 2 N–H and O–H groups in total. The first kappa shape index (κ1) is 24.8. The molecule has 0 aromatic heterocycles. The van der Waals surface area contributed by atoms with Crippen molar-refractivity contribution >= 4 is 35.8 Å². The Labute approximate surface area is 198 Å². The van der Waals surface area contributed by atoms with E-state index in [0.29, 0.717) is 31.5 Å². The van der Waals surface area contributed by atoms with Gasteiger partial charge in [0.05, 0.1) is 6.61 Å². The molecule has 2 aliphatic rings. The molecule has 1 heterocycles. The molecule has 1 saturated carbocycles. The second-order valence-corrected chi connectivity index (χ2v) is 8.40. The molecule has 1 amide bonds. The number of halogens is 1. The maximum Gasteiger partial charge on any atom is 0.224 e. The first-order valence-electron chi connectivity index (χ1n) is 11.0. The Morgan fingerprint density at radius 3 is 2.73 bits per heavy atom. The highest BCUT2D eigenvalue weighted by atomic mass is 127. The Bertz CT molecular complexity index is 721. The number of piperidine rings is 1. The normalized spacial score (nSPS) is 19.1. The number of nitrogens with zero attached hydrogens (tertiary/aromatic N) is 2. The molecule has 0 bridgehead atoms. The number of nitrogens with one attached hydrogen (secondary N) is 2. The molecule has 1 aliphatic carbocycles. The quantitative estimate of drug-likeness (QED) is 0.306. The lowest BCUT2D eigenvalue weighted by atomic mass is 10.0. The fourth-order valence-corrected chi connectivity index (χ4v) is 3.73. The zero-order valence-electron chi connectivity index (χ0n) is 18.6. The number of hydrogen-bond donors (Lipinski definition) is 2. The molecule has 1 unspecified atom stereocenters. The highest BCUT2D eigenvalue weighted by Gasteiger charge is 2.23. The predicted molar refractivity (Wildman–Crippen MR) is 133 cm³/mol. The number of hydrogen-bond acceptors (Lipinski definition) is 3. The summed E-state index contributed by atoms with van der Waals surface area (Å²) in [5.41, 5.74) is 2.32. The third kappa shape index (κ3) is 7.63. The van der Waals surface area contributed by atoms with E-state index in [0.717, 1.165) is 43.2 Å². The van der Waals surface area contributed by atoms with Gasteiger partial charge in [-0.1, -0.05) is 12.1 Å². The molecule has 1 saturated heterocycles. The molecule has 7 heteroatoms. The summed E-state index contributed by atoms with van der Waals surface area (Å²) in [6.07, 6.45) is 6.52. The van der Waals surface area contributed by atoms with Gasteiger partial charge in [0.1, 0.15) is 5.75 Å². The Morgan fingerprint density at radius 2 is 2.03 bits per heavy atom. The highest BCUT2D eigenvalue weighted by molar-refractivity contribution is 14.0. The van der Waals surface area contributed by atoms with Crippen LogP contribution in [0.5, 0.6) is 5.75 Å². The number of aliphatic imine (C=N–C) groups is 1. The van der Waals surface area contributed by atoms with E-state index in [9.17, 15) is 4.79 Å². The van der Waals surface area contributed by atoms with Crippen LogP contribution in [0.3, 0.4) is 0 Å². The van der Waals surface area contributed by atoms with Crippen LogP contribution in [0.1, 0.15) is 56.6 Å². The van der Waals surface area contributed by atoms with Gasteiger partial charge in [-0.05, 0) is 63.5 Å². The molecular formula is C23H37IN4O2. The van der Waals surface area contributed by atoms with Crippen LogP contribution in [0.25, 0.3) is 0 Å². The fourth-order valence-electron chi connectivity index (χ4n) is 3.73. The monoisotopic (exact) mass is 528 g/mol. The van der Waals surface area contributed by atoms with Crippen molar-refractivity contribution in [2.24, 2.45) is 10.9 Å². The molecule has 6 nitrogen and oxygen atoms in total. The number of aryl methyl sites for hydroxylation is 1. The molecule has 1 aromatic rings. The van der Waals surface area contributed by atoms with Crippen molar-refractivity contribution in [3.63, 3.8) is 0 Å². The lowest BCUT2D eigenvalue weighted by molar-refractivity contribution is -0.134. The van der Waals surface area contributed by atoms with E-state index in [1.54, 1.807) is 7.05 Å². The van der Waals surface area contributed by atoms with Gasteiger partial charge < -0.3 is 20.3 Å². The molecule has 1 aliphatic heterocycles. The van der Waals surface area contributed by atoms with Crippen molar-refractivity contribution in [2.75, 3.05) is 26.7 Å². The molecule has 2 fully saturated rings. The van der Waals surface area contributed by atoms with Gasteiger partial charge in [-0.15, -0.1) is 24.0 Å². The third-order valence-corrected chi connectivity index (χ3v) is 5.82. The molecule has 0 radical (unpaired) electrons. The Kier molecular flexibility index (Phi) is 10.2. The van der Waals surface area contributed by atoms with Crippen molar-refractivity contribution in [3.05, 3.63) is 29.3 Å². The Balaban J connectivity index is 0.00000320.